The van der Waals surface area contributed by atoms with Crippen molar-refractivity contribution in [2.24, 2.45) is 0 Å². The number of hydrogen-bond acceptors (Lipinski definition) is 3. The molecule has 1 heterocycles. The first-order valence-electron chi connectivity index (χ1n) is 3.25. The van der Waals surface area contributed by atoms with E-state index in [4.69, 9.17) is 5.73 Å². The van der Waals surface area contributed by atoms with Gasteiger partial charge in [-0.15, -0.1) is 0 Å². The highest BCUT2D eigenvalue weighted by atomic mass is 79.9. The van der Waals surface area contributed by atoms with Gasteiger partial charge in [0.2, 0.25) is 0 Å². The maximum absolute atomic E-state index is 12.3. The average Bonchev–Trinajstić information content (AvgIpc) is 2.04. The van der Waals surface area contributed by atoms with E-state index >= 15 is 0 Å². The maximum atomic E-state index is 12.3. The first-order valence-corrected chi connectivity index (χ1v) is 4.04. The number of carbonyl (C=O) groups excluding carboxylic acids is 1. The second kappa shape index (κ2) is 3.78. The van der Waals surface area contributed by atoms with E-state index in [2.05, 4.69) is 20.9 Å². The van der Waals surface area contributed by atoms with E-state index in [-0.39, 0.29) is 15.9 Å². The quantitative estimate of drug-likeness (QED) is 0.819. The summed E-state index contributed by atoms with van der Waals surface area (Å²) >= 11 is 2.86. The molecule has 0 aliphatic rings. The molecule has 0 unspecified atom stereocenters. The number of aromatic nitrogens is 1. The fourth-order valence-corrected chi connectivity index (χ4v) is 1.39. The van der Waals surface area contributed by atoms with E-state index in [1.54, 1.807) is 0 Å². The molecule has 1 aromatic heterocycles. The van der Waals surface area contributed by atoms with Crippen LogP contribution in [0.2, 0.25) is 0 Å². The first-order chi connectivity index (χ1) is 6.07. The van der Waals surface area contributed by atoms with Gasteiger partial charge in [-0.05, 0) is 15.9 Å². The topological polar surface area (TPSA) is 56.0 Å². The molecule has 0 atom stereocenters. The average molecular weight is 251 g/mol. The van der Waals surface area contributed by atoms with E-state index in [9.17, 15) is 13.6 Å². The van der Waals surface area contributed by atoms with Gasteiger partial charge >= 0.3 is 0 Å². The summed E-state index contributed by atoms with van der Waals surface area (Å²) < 4.78 is 24.7. The van der Waals surface area contributed by atoms with Gasteiger partial charge in [-0.3, -0.25) is 4.79 Å². The predicted molar refractivity (Wildman–Crippen MR) is 46.7 cm³/mol. The van der Waals surface area contributed by atoms with Crippen molar-refractivity contribution in [1.82, 2.24) is 4.98 Å². The van der Waals surface area contributed by atoms with Crippen LogP contribution >= 0.6 is 15.9 Å². The second-order valence-electron chi connectivity index (χ2n) is 2.24. The van der Waals surface area contributed by atoms with Crippen molar-refractivity contribution >= 4 is 28.0 Å². The highest BCUT2D eigenvalue weighted by Gasteiger charge is 2.18. The van der Waals surface area contributed by atoms with Gasteiger partial charge in [-0.25, -0.2) is 13.8 Å². The summed E-state index contributed by atoms with van der Waals surface area (Å²) in [6.07, 6.45) is -1.18. The monoisotopic (exact) mass is 250 g/mol. The Morgan fingerprint density at radius 3 is 2.69 bits per heavy atom. The lowest BCUT2D eigenvalue weighted by molar-refractivity contribution is 0.112. The number of hydrogen-bond donors (Lipinski definition) is 1. The minimum atomic E-state index is -2.75. The van der Waals surface area contributed by atoms with Crippen LogP contribution in [0.4, 0.5) is 14.6 Å². The minimum Gasteiger partial charge on any atom is -0.383 e. The SMILES string of the molecule is Nc1ncc(C=O)c(Br)c1C(F)F. The third-order valence-electron chi connectivity index (χ3n) is 1.45. The van der Waals surface area contributed by atoms with Crippen molar-refractivity contribution in [2.45, 2.75) is 6.43 Å². The number of nitrogen functional groups attached to an aromatic ring is 1. The molecule has 3 nitrogen and oxygen atoms in total. The van der Waals surface area contributed by atoms with E-state index in [0.29, 0.717) is 6.29 Å². The predicted octanol–water partition coefficient (Wildman–Crippen LogP) is 2.18. The zero-order valence-electron chi connectivity index (χ0n) is 6.30. The van der Waals surface area contributed by atoms with Gasteiger partial charge in [0.15, 0.2) is 6.29 Å². The number of carbonyl (C=O) groups is 1. The molecule has 0 aliphatic heterocycles. The third kappa shape index (κ3) is 1.82. The number of rotatable bonds is 2. The molecule has 0 spiro atoms. The largest absolute Gasteiger partial charge is 0.383 e. The van der Waals surface area contributed by atoms with E-state index < -0.39 is 12.0 Å². The molecule has 13 heavy (non-hydrogen) atoms. The molecule has 0 aliphatic carbocycles. The smallest absolute Gasteiger partial charge is 0.268 e. The summed E-state index contributed by atoms with van der Waals surface area (Å²) in [7, 11) is 0. The summed E-state index contributed by atoms with van der Waals surface area (Å²) in [5, 5.41) is 0. The number of halogens is 3. The van der Waals surface area contributed by atoms with Crippen molar-refractivity contribution in [3.63, 3.8) is 0 Å². The van der Waals surface area contributed by atoms with Gasteiger partial charge in [0, 0.05) is 16.2 Å². The Hall–Kier alpha value is -1.04. The Balaban J connectivity index is 3.38. The summed E-state index contributed by atoms with van der Waals surface area (Å²) in [5.74, 6) is -0.271. The minimum absolute atomic E-state index is 0.00463. The number of anilines is 1. The lowest BCUT2D eigenvalue weighted by Crippen LogP contribution is -2.01. The number of alkyl halides is 2. The summed E-state index contributed by atoms with van der Waals surface area (Å²) in [4.78, 5) is 13.8. The zero-order chi connectivity index (χ0) is 10.0. The molecule has 0 saturated carbocycles. The molecule has 70 valence electrons. The number of nitrogens with two attached hydrogens (primary N) is 1. The standard InChI is InChI=1S/C7H5BrF2N2O/c8-5-3(2-13)1-12-7(11)4(5)6(9)10/h1-2,6H,(H2,11,12). The Morgan fingerprint density at radius 1 is 1.62 bits per heavy atom. The zero-order valence-corrected chi connectivity index (χ0v) is 7.88. The van der Waals surface area contributed by atoms with Gasteiger partial charge in [0.25, 0.3) is 6.43 Å². The number of nitrogens with zero attached hydrogens (tertiary/aromatic N) is 1. The molecule has 0 aromatic carbocycles. The summed E-state index contributed by atoms with van der Waals surface area (Å²) in [5.41, 5.74) is 4.83. The Kier molecular flexibility index (Phi) is 2.92. The van der Waals surface area contributed by atoms with Crippen LogP contribution in [-0.2, 0) is 0 Å². The molecule has 2 N–H and O–H groups in total. The van der Waals surface area contributed by atoms with Crippen molar-refractivity contribution < 1.29 is 13.6 Å². The lowest BCUT2D eigenvalue weighted by atomic mass is 10.2. The van der Waals surface area contributed by atoms with Crippen LogP contribution in [0.15, 0.2) is 10.7 Å². The summed E-state index contributed by atoms with van der Waals surface area (Å²) in [6, 6.07) is 0. The van der Waals surface area contributed by atoms with Crippen molar-refractivity contribution in [1.29, 1.82) is 0 Å². The van der Waals surface area contributed by atoms with Crippen LogP contribution in [0, 0.1) is 0 Å². The molecular formula is C7H5BrF2N2O. The van der Waals surface area contributed by atoms with Crippen LogP contribution in [-0.4, -0.2) is 11.3 Å². The second-order valence-corrected chi connectivity index (χ2v) is 3.04. The van der Waals surface area contributed by atoms with Gasteiger partial charge in [-0.2, -0.15) is 0 Å². The highest BCUT2D eigenvalue weighted by molar-refractivity contribution is 9.10. The van der Waals surface area contributed by atoms with E-state index in [1.807, 2.05) is 0 Å². The maximum Gasteiger partial charge on any atom is 0.268 e. The van der Waals surface area contributed by atoms with Crippen LogP contribution in [0.25, 0.3) is 0 Å². The fraction of sp³-hybridized carbons (Fsp3) is 0.143. The van der Waals surface area contributed by atoms with Crippen molar-refractivity contribution in [3.8, 4) is 0 Å². The number of pyridine rings is 1. The Labute approximate surface area is 81.1 Å². The van der Waals surface area contributed by atoms with Gasteiger partial charge in [-0.1, -0.05) is 0 Å². The highest BCUT2D eigenvalue weighted by Crippen LogP contribution is 2.32. The normalized spacial score (nSPS) is 10.5. The van der Waals surface area contributed by atoms with Gasteiger partial charge in [0.05, 0.1) is 5.56 Å². The van der Waals surface area contributed by atoms with Gasteiger partial charge < -0.3 is 5.73 Å². The van der Waals surface area contributed by atoms with Crippen LogP contribution in [0.3, 0.4) is 0 Å². The van der Waals surface area contributed by atoms with E-state index in [0.717, 1.165) is 6.20 Å². The van der Waals surface area contributed by atoms with Crippen LogP contribution in [0.5, 0.6) is 0 Å². The molecule has 1 rings (SSSR count). The fourth-order valence-electron chi connectivity index (χ4n) is 0.823. The van der Waals surface area contributed by atoms with Crippen LogP contribution in [0.1, 0.15) is 22.3 Å². The van der Waals surface area contributed by atoms with Crippen molar-refractivity contribution in [2.75, 3.05) is 5.73 Å². The molecule has 6 heteroatoms. The molecule has 0 radical (unpaired) electrons. The molecule has 0 amide bonds. The molecule has 0 fully saturated rings. The molecular weight excluding hydrogens is 246 g/mol. The van der Waals surface area contributed by atoms with E-state index in [1.165, 1.54) is 0 Å². The Bertz CT molecular complexity index is 344. The molecule has 0 saturated heterocycles. The molecule has 1 aromatic rings. The van der Waals surface area contributed by atoms with Gasteiger partial charge in [0.1, 0.15) is 5.82 Å². The lowest BCUT2D eigenvalue weighted by Gasteiger charge is -2.07. The van der Waals surface area contributed by atoms with Crippen molar-refractivity contribution in [3.05, 3.63) is 21.8 Å². The molecule has 0 bridgehead atoms. The summed E-state index contributed by atoms with van der Waals surface area (Å²) in [6.45, 7) is 0. The number of aldehydes is 1. The first kappa shape index (κ1) is 10.0. The third-order valence-corrected chi connectivity index (χ3v) is 2.34. The van der Waals surface area contributed by atoms with Crippen LogP contribution < -0.4 is 5.73 Å². The Morgan fingerprint density at radius 2 is 2.23 bits per heavy atom.